The molecule has 2 aromatic rings. The summed E-state index contributed by atoms with van der Waals surface area (Å²) in [5, 5.41) is 3.97. The first-order chi connectivity index (χ1) is 11.4. The molecule has 0 spiro atoms. The van der Waals surface area contributed by atoms with Crippen molar-refractivity contribution >= 4 is 52.5 Å². The molecule has 0 aliphatic heterocycles. The smallest absolute Gasteiger partial charge is 0.248 e. The number of halogens is 3. The Morgan fingerprint density at radius 1 is 0.958 bits per heavy atom. The first kappa shape index (κ1) is 18.5. The Kier molecular flexibility index (Phi) is 6.37. The van der Waals surface area contributed by atoms with Crippen molar-refractivity contribution in [1.29, 1.82) is 0 Å². The van der Waals surface area contributed by atoms with Crippen LogP contribution in [0.2, 0.25) is 15.1 Å². The molecule has 0 bridgehead atoms. The third-order valence-electron chi connectivity index (χ3n) is 3.10. The van der Waals surface area contributed by atoms with E-state index >= 15 is 0 Å². The maximum Gasteiger partial charge on any atom is 0.248 e. The molecule has 0 aliphatic rings. The monoisotopic (exact) mass is 385 g/mol. The standard InChI is InChI=1S/C17H14Cl3NO3/c1-23-15-9-14(16(24-2)8-13(15)20)21-17(22)6-4-10-3-5-11(18)12(19)7-10/h3-9H,1-2H3,(H,21,22). The van der Waals surface area contributed by atoms with E-state index in [1.54, 1.807) is 36.4 Å². The Bertz CT molecular complexity index is 791. The van der Waals surface area contributed by atoms with E-state index in [9.17, 15) is 4.79 Å². The van der Waals surface area contributed by atoms with Gasteiger partial charge in [-0.05, 0) is 23.8 Å². The van der Waals surface area contributed by atoms with Crippen molar-refractivity contribution in [2.75, 3.05) is 19.5 Å². The number of rotatable bonds is 5. The van der Waals surface area contributed by atoms with Crippen LogP contribution in [-0.4, -0.2) is 20.1 Å². The molecule has 1 amide bonds. The predicted molar refractivity (Wildman–Crippen MR) is 98.7 cm³/mol. The van der Waals surface area contributed by atoms with Crippen LogP contribution in [0.1, 0.15) is 5.56 Å². The van der Waals surface area contributed by atoms with Crippen molar-refractivity contribution in [3.05, 3.63) is 57.0 Å². The molecule has 7 heteroatoms. The lowest BCUT2D eigenvalue weighted by molar-refractivity contribution is -0.111. The number of ether oxygens (including phenoxy) is 2. The molecule has 0 saturated heterocycles. The summed E-state index contributed by atoms with van der Waals surface area (Å²) in [7, 11) is 2.98. The van der Waals surface area contributed by atoms with Crippen LogP contribution in [0.5, 0.6) is 11.5 Å². The van der Waals surface area contributed by atoms with Crippen LogP contribution in [0.4, 0.5) is 5.69 Å². The van der Waals surface area contributed by atoms with Gasteiger partial charge in [-0.15, -0.1) is 0 Å². The molecular weight excluding hydrogens is 373 g/mol. The molecule has 1 N–H and O–H groups in total. The molecule has 0 fully saturated rings. The molecule has 0 aliphatic carbocycles. The number of hydrogen-bond acceptors (Lipinski definition) is 3. The lowest BCUT2D eigenvalue weighted by Crippen LogP contribution is -2.09. The highest BCUT2D eigenvalue weighted by atomic mass is 35.5. The van der Waals surface area contributed by atoms with Gasteiger partial charge in [0.1, 0.15) is 11.5 Å². The van der Waals surface area contributed by atoms with Gasteiger partial charge in [-0.2, -0.15) is 0 Å². The number of carbonyl (C=O) groups is 1. The minimum Gasteiger partial charge on any atom is -0.495 e. The van der Waals surface area contributed by atoms with Crippen LogP contribution >= 0.6 is 34.8 Å². The SMILES string of the molecule is COc1cc(NC(=O)C=Cc2ccc(Cl)c(Cl)c2)c(OC)cc1Cl. The summed E-state index contributed by atoms with van der Waals surface area (Å²) >= 11 is 17.8. The number of nitrogens with one attached hydrogen (secondary N) is 1. The molecule has 0 atom stereocenters. The van der Waals surface area contributed by atoms with E-state index < -0.39 is 0 Å². The minimum atomic E-state index is -0.344. The molecule has 0 unspecified atom stereocenters. The van der Waals surface area contributed by atoms with E-state index in [0.717, 1.165) is 5.56 Å². The minimum absolute atomic E-state index is 0.344. The second kappa shape index (κ2) is 8.29. The van der Waals surface area contributed by atoms with Crippen LogP contribution < -0.4 is 14.8 Å². The van der Waals surface area contributed by atoms with E-state index in [1.807, 2.05) is 0 Å². The summed E-state index contributed by atoms with van der Waals surface area (Å²) < 4.78 is 10.3. The molecule has 2 aromatic carbocycles. The van der Waals surface area contributed by atoms with Gasteiger partial charge in [0.05, 0.1) is 35.0 Å². The van der Waals surface area contributed by atoms with Gasteiger partial charge >= 0.3 is 0 Å². The van der Waals surface area contributed by atoms with Crippen molar-refractivity contribution in [3.63, 3.8) is 0 Å². The maximum absolute atomic E-state index is 12.1. The molecular formula is C17H14Cl3NO3. The molecule has 0 saturated carbocycles. The summed E-state index contributed by atoms with van der Waals surface area (Å²) in [6, 6.07) is 8.24. The highest BCUT2D eigenvalue weighted by Crippen LogP contribution is 2.35. The summed E-state index contributed by atoms with van der Waals surface area (Å²) in [5.74, 6) is 0.516. The third-order valence-corrected chi connectivity index (χ3v) is 4.14. The summed E-state index contributed by atoms with van der Waals surface area (Å²) in [6.45, 7) is 0. The first-order valence-corrected chi connectivity index (χ1v) is 7.93. The summed E-state index contributed by atoms with van der Waals surface area (Å²) in [4.78, 5) is 12.1. The van der Waals surface area contributed by atoms with E-state index in [-0.39, 0.29) is 5.91 Å². The summed E-state index contributed by atoms with van der Waals surface area (Å²) in [5.41, 5.74) is 1.20. The Balaban J connectivity index is 2.17. The number of anilines is 1. The predicted octanol–water partition coefficient (Wildman–Crippen LogP) is 5.32. The Hall–Kier alpha value is -1.88. The zero-order valence-corrected chi connectivity index (χ0v) is 15.2. The number of benzene rings is 2. The van der Waals surface area contributed by atoms with Gasteiger partial charge in [0.15, 0.2) is 0 Å². The topological polar surface area (TPSA) is 47.6 Å². The molecule has 2 rings (SSSR count). The summed E-state index contributed by atoms with van der Waals surface area (Å²) in [6.07, 6.45) is 3.00. The maximum atomic E-state index is 12.1. The van der Waals surface area contributed by atoms with Crippen molar-refractivity contribution in [2.24, 2.45) is 0 Å². The van der Waals surface area contributed by atoms with E-state index in [0.29, 0.717) is 32.3 Å². The van der Waals surface area contributed by atoms with Crippen LogP contribution in [0.25, 0.3) is 6.08 Å². The van der Waals surface area contributed by atoms with Crippen molar-refractivity contribution < 1.29 is 14.3 Å². The molecule has 0 heterocycles. The number of hydrogen-bond donors (Lipinski definition) is 1. The fourth-order valence-electron chi connectivity index (χ4n) is 1.92. The van der Waals surface area contributed by atoms with Gasteiger partial charge < -0.3 is 14.8 Å². The van der Waals surface area contributed by atoms with Crippen LogP contribution in [0.15, 0.2) is 36.4 Å². The lowest BCUT2D eigenvalue weighted by atomic mass is 10.2. The lowest BCUT2D eigenvalue weighted by Gasteiger charge is -2.12. The van der Waals surface area contributed by atoms with Crippen LogP contribution in [0, 0.1) is 0 Å². The molecule has 0 aromatic heterocycles. The van der Waals surface area contributed by atoms with Crippen molar-refractivity contribution in [1.82, 2.24) is 0 Å². The normalized spacial score (nSPS) is 10.7. The number of carbonyl (C=O) groups excluding carboxylic acids is 1. The first-order valence-electron chi connectivity index (χ1n) is 6.80. The quantitative estimate of drug-likeness (QED) is 0.708. The van der Waals surface area contributed by atoms with Gasteiger partial charge in [-0.3, -0.25) is 4.79 Å². The zero-order chi connectivity index (χ0) is 17.7. The van der Waals surface area contributed by atoms with Gasteiger partial charge in [-0.25, -0.2) is 0 Å². The second-order valence-electron chi connectivity index (χ2n) is 4.68. The average Bonchev–Trinajstić information content (AvgIpc) is 2.57. The van der Waals surface area contributed by atoms with Crippen molar-refractivity contribution in [3.8, 4) is 11.5 Å². The largest absolute Gasteiger partial charge is 0.495 e. The Morgan fingerprint density at radius 3 is 2.29 bits per heavy atom. The van der Waals surface area contributed by atoms with Gasteiger partial charge in [-0.1, -0.05) is 40.9 Å². The Morgan fingerprint density at radius 2 is 1.67 bits per heavy atom. The van der Waals surface area contributed by atoms with E-state index in [1.165, 1.54) is 20.3 Å². The molecule has 0 radical (unpaired) electrons. The van der Waals surface area contributed by atoms with Crippen LogP contribution in [0.3, 0.4) is 0 Å². The van der Waals surface area contributed by atoms with Crippen molar-refractivity contribution in [2.45, 2.75) is 0 Å². The second-order valence-corrected chi connectivity index (χ2v) is 5.90. The highest BCUT2D eigenvalue weighted by Gasteiger charge is 2.11. The number of amides is 1. The Labute approximate surface area is 154 Å². The van der Waals surface area contributed by atoms with E-state index in [2.05, 4.69) is 5.32 Å². The average molecular weight is 387 g/mol. The van der Waals surface area contributed by atoms with Crippen LogP contribution in [-0.2, 0) is 4.79 Å². The zero-order valence-electron chi connectivity index (χ0n) is 12.9. The molecule has 4 nitrogen and oxygen atoms in total. The highest BCUT2D eigenvalue weighted by molar-refractivity contribution is 6.42. The molecule has 24 heavy (non-hydrogen) atoms. The fraction of sp³-hybridized carbons (Fsp3) is 0.118. The van der Waals surface area contributed by atoms with E-state index in [4.69, 9.17) is 44.3 Å². The van der Waals surface area contributed by atoms with Gasteiger partial charge in [0.2, 0.25) is 5.91 Å². The molecule has 126 valence electrons. The third kappa shape index (κ3) is 4.57. The fourth-order valence-corrected chi connectivity index (χ4v) is 2.46. The van der Waals surface area contributed by atoms with Gasteiger partial charge in [0, 0.05) is 18.2 Å². The van der Waals surface area contributed by atoms with Gasteiger partial charge in [0.25, 0.3) is 0 Å². The number of methoxy groups -OCH3 is 2.